The lowest BCUT2D eigenvalue weighted by Gasteiger charge is -2.15. The fraction of sp³-hybridized carbons (Fsp3) is 0.227. The standard InChI is InChI=1S/C22H23N3/c1-16(25-15-20-7-4-13-23-20)17-9-11-18(12-10-17)21-8-2-5-19-6-3-14-24-22(19)21/h2-3,5-6,8-12,14,20,23,25H,1,4,7,13,15H2. The molecule has 1 saturated heterocycles. The summed E-state index contributed by atoms with van der Waals surface area (Å²) in [6.07, 6.45) is 4.36. The molecule has 1 fully saturated rings. The quantitative estimate of drug-likeness (QED) is 0.736. The van der Waals surface area contributed by atoms with Crippen LogP contribution in [0.3, 0.4) is 0 Å². The number of rotatable bonds is 5. The van der Waals surface area contributed by atoms with Crippen molar-refractivity contribution < 1.29 is 0 Å². The summed E-state index contributed by atoms with van der Waals surface area (Å²) in [6.45, 7) is 6.26. The van der Waals surface area contributed by atoms with E-state index >= 15 is 0 Å². The topological polar surface area (TPSA) is 37.0 Å². The highest BCUT2D eigenvalue weighted by atomic mass is 15.0. The third-order valence-corrected chi connectivity index (χ3v) is 4.90. The zero-order valence-electron chi connectivity index (χ0n) is 14.3. The fourth-order valence-electron chi connectivity index (χ4n) is 3.47. The summed E-state index contributed by atoms with van der Waals surface area (Å²) in [4.78, 5) is 4.55. The molecule has 2 N–H and O–H groups in total. The van der Waals surface area contributed by atoms with Crippen LogP contribution in [0.1, 0.15) is 18.4 Å². The van der Waals surface area contributed by atoms with E-state index in [2.05, 4.69) is 70.7 Å². The molecule has 0 spiro atoms. The first-order valence-corrected chi connectivity index (χ1v) is 8.92. The predicted molar refractivity (Wildman–Crippen MR) is 105 cm³/mol. The molecule has 25 heavy (non-hydrogen) atoms. The van der Waals surface area contributed by atoms with E-state index in [4.69, 9.17) is 0 Å². The molecule has 1 aliphatic heterocycles. The van der Waals surface area contributed by atoms with Crippen LogP contribution in [-0.4, -0.2) is 24.1 Å². The molecule has 0 radical (unpaired) electrons. The molecule has 3 aromatic rings. The maximum absolute atomic E-state index is 4.55. The van der Waals surface area contributed by atoms with Gasteiger partial charge in [0.15, 0.2) is 0 Å². The summed E-state index contributed by atoms with van der Waals surface area (Å²) in [7, 11) is 0. The SMILES string of the molecule is C=C(NCC1CCCN1)c1ccc(-c2cccc3cccnc23)cc1. The number of benzene rings is 2. The van der Waals surface area contributed by atoms with Crippen LogP contribution in [0.25, 0.3) is 27.7 Å². The molecule has 0 saturated carbocycles. The van der Waals surface area contributed by atoms with Crippen molar-refractivity contribution in [3.63, 3.8) is 0 Å². The highest BCUT2D eigenvalue weighted by Gasteiger charge is 2.13. The highest BCUT2D eigenvalue weighted by Crippen LogP contribution is 2.27. The number of nitrogens with zero attached hydrogens (tertiary/aromatic N) is 1. The first kappa shape index (κ1) is 15.9. The molecule has 0 amide bonds. The van der Waals surface area contributed by atoms with Gasteiger partial charge in [0.1, 0.15) is 0 Å². The Morgan fingerprint density at radius 2 is 1.96 bits per heavy atom. The first-order valence-electron chi connectivity index (χ1n) is 8.92. The molecule has 1 aliphatic rings. The average molecular weight is 329 g/mol. The molecule has 1 aromatic heterocycles. The van der Waals surface area contributed by atoms with Gasteiger partial charge >= 0.3 is 0 Å². The van der Waals surface area contributed by atoms with Crippen molar-refractivity contribution in [2.75, 3.05) is 13.1 Å². The summed E-state index contributed by atoms with van der Waals surface area (Å²) < 4.78 is 0. The molecule has 1 atom stereocenters. The van der Waals surface area contributed by atoms with E-state index in [-0.39, 0.29) is 0 Å². The smallest absolute Gasteiger partial charge is 0.0780 e. The lowest BCUT2D eigenvalue weighted by atomic mass is 10.00. The van der Waals surface area contributed by atoms with E-state index in [1.165, 1.54) is 29.4 Å². The monoisotopic (exact) mass is 329 g/mol. The number of pyridine rings is 1. The van der Waals surface area contributed by atoms with Crippen molar-refractivity contribution in [3.8, 4) is 11.1 Å². The number of fused-ring (bicyclic) bond motifs is 1. The third-order valence-electron chi connectivity index (χ3n) is 4.90. The van der Waals surface area contributed by atoms with E-state index in [1.54, 1.807) is 0 Å². The number of hydrogen-bond acceptors (Lipinski definition) is 3. The highest BCUT2D eigenvalue weighted by molar-refractivity contribution is 5.93. The minimum absolute atomic E-state index is 0.567. The largest absolute Gasteiger partial charge is 0.383 e. The maximum Gasteiger partial charge on any atom is 0.0780 e. The molecule has 2 aromatic carbocycles. The van der Waals surface area contributed by atoms with Gasteiger partial charge in [0, 0.05) is 35.4 Å². The van der Waals surface area contributed by atoms with Gasteiger partial charge in [0.05, 0.1) is 5.52 Å². The fourth-order valence-corrected chi connectivity index (χ4v) is 3.47. The Hall–Kier alpha value is -2.65. The Kier molecular flexibility index (Phi) is 4.49. The zero-order valence-corrected chi connectivity index (χ0v) is 14.3. The van der Waals surface area contributed by atoms with E-state index in [0.29, 0.717) is 6.04 Å². The minimum Gasteiger partial charge on any atom is -0.383 e. The summed E-state index contributed by atoms with van der Waals surface area (Å²) in [5.41, 5.74) is 5.50. The predicted octanol–water partition coefficient (Wildman–Crippen LogP) is 4.21. The van der Waals surface area contributed by atoms with Crippen molar-refractivity contribution in [1.29, 1.82) is 0 Å². The molecule has 4 rings (SSSR count). The van der Waals surface area contributed by atoms with Crippen LogP contribution in [0.4, 0.5) is 0 Å². The van der Waals surface area contributed by atoms with Gasteiger partial charge in [-0.1, -0.05) is 55.1 Å². The zero-order chi connectivity index (χ0) is 17.1. The van der Waals surface area contributed by atoms with Crippen molar-refractivity contribution in [2.45, 2.75) is 18.9 Å². The average Bonchev–Trinajstić information content (AvgIpc) is 3.19. The van der Waals surface area contributed by atoms with Crippen molar-refractivity contribution in [1.82, 2.24) is 15.6 Å². The van der Waals surface area contributed by atoms with Crippen LogP contribution in [0.5, 0.6) is 0 Å². The van der Waals surface area contributed by atoms with Gasteiger partial charge in [0.2, 0.25) is 0 Å². The number of hydrogen-bond donors (Lipinski definition) is 2. The second kappa shape index (κ2) is 7.08. The van der Waals surface area contributed by atoms with Crippen LogP contribution in [-0.2, 0) is 0 Å². The van der Waals surface area contributed by atoms with Crippen molar-refractivity contribution >= 4 is 16.6 Å². The van der Waals surface area contributed by atoms with Crippen molar-refractivity contribution in [2.24, 2.45) is 0 Å². The number of aromatic nitrogens is 1. The summed E-state index contributed by atoms with van der Waals surface area (Å²) in [5, 5.41) is 8.13. The Balaban J connectivity index is 1.52. The van der Waals surface area contributed by atoms with Crippen LogP contribution < -0.4 is 10.6 Å². The molecule has 1 unspecified atom stereocenters. The Bertz CT molecular complexity index is 872. The lowest BCUT2D eigenvalue weighted by molar-refractivity contribution is 0.585. The number of nitrogens with one attached hydrogen (secondary N) is 2. The van der Waals surface area contributed by atoms with Crippen LogP contribution in [0.15, 0.2) is 67.4 Å². The van der Waals surface area contributed by atoms with Gasteiger partial charge < -0.3 is 10.6 Å². The normalized spacial score (nSPS) is 16.9. The van der Waals surface area contributed by atoms with E-state index in [9.17, 15) is 0 Å². The van der Waals surface area contributed by atoms with Gasteiger partial charge in [-0.15, -0.1) is 0 Å². The summed E-state index contributed by atoms with van der Waals surface area (Å²) >= 11 is 0. The molecule has 0 aliphatic carbocycles. The van der Waals surface area contributed by atoms with E-state index < -0.39 is 0 Å². The molecule has 3 heteroatoms. The molecule has 3 nitrogen and oxygen atoms in total. The molecular weight excluding hydrogens is 306 g/mol. The van der Waals surface area contributed by atoms with Gasteiger partial charge in [-0.2, -0.15) is 0 Å². The Morgan fingerprint density at radius 1 is 1.12 bits per heavy atom. The van der Waals surface area contributed by atoms with Crippen molar-refractivity contribution in [3.05, 3.63) is 72.9 Å². The van der Waals surface area contributed by atoms with Crippen LogP contribution in [0, 0.1) is 0 Å². The Morgan fingerprint density at radius 3 is 2.76 bits per heavy atom. The van der Waals surface area contributed by atoms with Crippen LogP contribution >= 0.6 is 0 Å². The first-order chi connectivity index (χ1) is 12.3. The van der Waals surface area contributed by atoms with E-state index in [1.807, 2.05) is 12.3 Å². The van der Waals surface area contributed by atoms with Gasteiger partial charge in [-0.05, 0) is 36.6 Å². The van der Waals surface area contributed by atoms with Gasteiger partial charge in [-0.3, -0.25) is 4.98 Å². The maximum atomic E-state index is 4.55. The molecule has 0 bridgehead atoms. The third kappa shape index (κ3) is 3.42. The van der Waals surface area contributed by atoms with Gasteiger partial charge in [0.25, 0.3) is 0 Å². The lowest BCUT2D eigenvalue weighted by Crippen LogP contribution is -2.32. The summed E-state index contributed by atoms with van der Waals surface area (Å²) in [6, 6.07) is 19.5. The second-order valence-electron chi connectivity index (χ2n) is 6.61. The molecule has 126 valence electrons. The number of para-hydroxylation sites is 1. The second-order valence-corrected chi connectivity index (χ2v) is 6.61. The minimum atomic E-state index is 0.567. The van der Waals surface area contributed by atoms with Gasteiger partial charge in [-0.25, -0.2) is 0 Å². The molecular formula is C22H23N3. The summed E-state index contributed by atoms with van der Waals surface area (Å²) in [5.74, 6) is 0. The molecule has 2 heterocycles. The van der Waals surface area contributed by atoms with Crippen LogP contribution in [0.2, 0.25) is 0 Å². The van der Waals surface area contributed by atoms with E-state index in [0.717, 1.165) is 29.9 Å². The Labute approximate surface area is 148 Å².